The summed E-state index contributed by atoms with van der Waals surface area (Å²) in [4.78, 5) is 22.6. The lowest BCUT2D eigenvalue weighted by Gasteiger charge is -2.08. The summed E-state index contributed by atoms with van der Waals surface area (Å²) >= 11 is 5.04. The molecule has 0 fully saturated rings. The Morgan fingerprint density at radius 3 is 2.56 bits per heavy atom. The second kappa shape index (κ2) is 7.75. The number of benzene rings is 2. The molecule has 9 heteroatoms. The van der Waals surface area contributed by atoms with Crippen molar-refractivity contribution in [3.05, 3.63) is 82.4 Å². The van der Waals surface area contributed by atoms with Crippen LogP contribution in [0.2, 0.25) is 0 Å². The van der Waals surface area contributed by atoms with Gasteiger partial charge in [-0.25, -0.2) is 4.39 Å². The van der Waals surface area contributed by atoms with Crippen molar-refractivity contribution in [1.29, 1.82) is 0 Å². The van der Waals surface area contributed by atoms with Gasteiger partial charge in [-0.05, 0) is 48.6 Å². The van der Waals surface area contributed by atoms with E-state index in [0.717, 1.165) is 0 Å². The van der Waals surface area contributed by atoms with Gasteiger partial charge in [0.2, 0.25) is 0 Å². The third-order valence-electron chi connectivity index (χ3n) is 3.50. The monoisotopic (exact) mass is 385 g/mol. The van der Waals surface area contributed by atoms with Gasteiger partial charge in [-0.2, -0.15) is 0 Å². The number of halogens is 1. The number of thiocarbonyl (C=S) groups is 1. The second-order valence-electron chi connectivity index (χ2n) is 5.39. The van der Waals surface area contributed by atoms with Crippen molar-refractivity contribution in [3.63, 3.8) is 0 Å². The van der Waals surface area contributed by atoms with E-state index in [1.54, 1.807) is 6.07 Å². The molecule has 1 aromatic heterocycles. The van der Waals surface area contributed by atoms with Crippen LogP contribution < -0.4 is 10.6 Å². The molecule has 0 saturated heterocycles. The van der Waals surface area contributed by atoms with Crippen LogP contribution in [0.3, 0.4) is 0 Å². The predicted octanol–water partition coefficient (Wildman–Crippen LogP) is 4.12. The number of furan rings is 1. The molecule has 27 heavy (non-hydrogen) atoms. The van der Waals surface area contributed by atoms with Gasteiger partial charge in [-0.1, -0.05) is 12.1 Å². The minimum atomic E-state index is -0.591. The van der Waals surface area contributed by atoms with Crippen LogP contribution in [-0.2, 0) is 0 Å². The maximum Gasteiger partial charge on any atom is 0.293 e. The number of amides is 1. The van der Waals surface area contributed by atoms with Gasteiger partial charge in [0.25, 0.3) is 11.6 Å². The number of non-ortho nitro benzene ring substituents is 1. The Labute approximate surface area is 158 Å². The zero-order valence-corrected chi connectivity index (χ0v) is 14.5. The number of hydrogen-bond donors (Lipinski definition) is 2. The summed E-state index contributed by atoms with van der Waals surface area (Å²) in [5, 5.41) is 16.1. The number of rotatable bonds is 4. The number of carbonyl (C=O) groups is 1. The molecule has 0 unspecified atom stereocenters. The Hall–Kier alpha value is -3.59. The summed E-state index contributed by atoms with van der Waals surface area (Å²) in [5.74, 6) is -0.688. The second-order valence-corrected chi connectivity index (χ2v) is 5.79. The number of hydrogen-bond acceptors (Lipinski definition) is 5. The molecule has 0 aliphatic heterocycles. The lowest BCUT2D eigenvalue weighted by atomic mass is 10.1. The molecule has 0 aliphatic carbocycles. The fourth-order valence-corrected chi connectivity index (χ4v) is 2.46. The number of nitrogens with zero attached hydrogens (tertiary/aromatic N) is 1. The minimum Gasteiger partial charge on any atom is -0.451 e. The van der Waals surface area contributed by atoms with E-state index in [9.17, 15) is 19.3 Å². The molecule has 7 nitrogen and oxygen atoms in total. The highest BCUT2D eigenvalue weighted by Gasteiger charge is 2.15. The molecule has 0 bridgehead atoms. The number of nitro benzene ring substituents is 1. The van der Waals surface area contributed by atoms with E-state index in [4.69, 9.17) is 16.6 Å². The first kappa shape index (κ1) is 18.2. The lowest BCUT2D eigenvalue weighted by molar-refractivity contribution is -0.384. The topological polar surface area (TPSA) is 97.4 Å². The Bertz CT molecular complexity index is 1020. The first-order valence-corrected chi connectivity index (χ1v) is 8.06. The highest BCUT2D eigenvalue weighted by atomic mass is 32.1. The van der Waals surface area contributed by atoms with Crippen molar-refractivity contribution in [2.24, 2.45) is 0 Å². The normalized spacial score (nSPS) is 10.3. The van der Waals surface area contributed by atoms with E-state index < -0.39 is 10.8 Å². The first-order chi connectivity index (χ1) is 12.9. The molecule has 0 saturated carbocycles. The van der Waals surface area contributed by atoms with Crippen LogP contribution in [0, 0.1) is 15.9 Å². The highest BCUT2D eigenvalue weighted by molar-refractivity contribution is 7.80. The summed E-state index contributed by atoms with van der Waals surface area (Å²) in [6, 6.07) is 14.3. The van der Waals surface area contributed by atoms with Crippen LogP contribution in [0.1, 0.15) is 10.6 Å². The summed E-state index contributed by atoms with van der Waals surface area (Å²) in [6.07, 6.45) is 0. The van der Waals surface area contributed by atoms with Crippen molar-refractivity contribution in [2.75, 3.05) is 5.32 Å². The first-order valence-electron chi connectivity index (χ1n) is 7.65. The lowest BCUT2D eigenvalue weighted by Crippen LogP contribution is -2.33. The number of nitro groups is 1. The van der Waals surface area contributed by atoms with Gasteiger partial charge >= 0.3 is 0 Å². The van der Waals surface area contributed by atoms with Gasteiger partial charge < -0.3 is 9.73 Å². The molecule has 0 aliphatic rings. The smallest absolute Gasteiger partial charge is 0.293 e. The van der Waals surface area contributed by atoms with E-state index in [-0.39, 0.29) is 22.4 Å². The van der Waals surface area contributed by atoms with Crippen molar-refractivity contribution < 1.29 is 18.5 Å². The average Bonchev–Trinajstić information content (AvgIpc) is 3.14. The molecular formula is C18H12FN3O4S. The molecule has 1 heterocycles. The molecule has 3 aromatic rings. The quantitative estimate of drug-likeness (QED) is 0.398. The molecule has 0 atom stereocenters. The Balaban J connectivity index is 1.67. The van der Waals surface area contributed by atoms with Gasteiger partial charge in [0.1, 0.15) is 11.6 Å². The van der Waals surface area contributed by atoms with Crippen molar-refractivity contribution in [1.82, 2.24) is 5.32 Å². The van der Waals surface area contributed by atoms with E-state index in [1.807, 2.05) is 0 Å². The molecular weight excluding hydrogens is 373 g/mol. The van der Waals surface area contributed by atoms with Crippen molar-refractivity contribution in [2.45, 2.75) is 0 Å². The molecule has 2 N–H and O–H groups in total. The Morgan fingerprint density at radius 1 is 1.11 bits per heavy atom. The van der Waals surface area contributed by atoms with E-state index >= 15 is 0 Å². The summed E-state index contributed by atoms with van der Waals surface area (Å²) in [7, 11) is 0. The molecule has 0 radical (unpaired) electrons. The minimum absolute atomic E-state index is 0.0138. The van der Waals surface area contributed by atoms with Crippen LogP contribution >= 0.6 is 12.2 Å². The average molecular weight is 385 g/mol. The molecule has 0 spiro atoms. The molecule has 3 rings (SSSR count). The van der Waals surface area contributed by atoms with E-state index in [1.165, 1.54) is 54.6 Å². The van der Waals surface area contributed by atoms with Crippen LogP contribution in [0.15, 0.2) is 65.1 Å². The van der Waals surface area contributed by atoms with Crippen LogP contribution in [0.4, 0.5) is 15.8 Å². The maximum absolute atomic E-state index is 12.9. The number of nitrogens with one attached hydrogen (secondary N) is 2. The zero-order valence-electron chi connectivity index (χ0n) is 13.6. The highest BCUT2D eigenvalue weighted by Crippen LogP contribution is 2.25. The third-order valence-corrected chi connectivity index (χ3v) is 3.70. The Kier molecular flexibility index (Phi) is 5.23. The zero-order chi connectivity index (χ0) is 19.4. The maximum atomic E-state index is 12.9. The Morgan fingerprint density at radius 2 is 1.85 bits per heavy atom. The van der Waals surface area contributed by atoms with E-state index in [0.29, 0.717) is 17.0 Å². The predicted molar refractivity (Wildman–Crippen MR) is 101 cm³/mol. The molecule has 136 valence electrons. The molecule has 2 aromatic carbocycles. The van der Waals surface area contributed by atoms with Gasteiger partial charge in [0.15, 0.2) is 10.9 Å². The third kappa shape index (κ3) is 4.53. The van der Waals surface area contributed by atoms with Crippen molar-refractivity contribution in [3.8, 4) is 11.3 Å². The van der Waals surface area contributed by atoms with Crippen LogP contribution in [0.25, 0.3) is 11.3 Å². The van der Waals surface area contributed by atoms with Crippen LogP contribution in [0.5, 0.6) is 0 Å². The molecule has 1 amide bonds. The van der Waals surface area contributed by atoms with E-state index in [2.05, 4.69) is 10.6 Å². The number of carbonyl (C=O) groups excluding carboxylic acids is 1. The fraction of sp³-hybridized carbons (Fsp3) is 0. The standard InChI is InChI=1S/C18H12FN3O4S/c19-12-4-6-13(7-5-12)20-18(27)21-17(23)16-9-8-15(26-16)11-2-1-3-14(10-11)22(24)25/h1-10H,(H2,20,21,23,27). The fourth-order valence-electron chi connectivity index (χ4n) is 2.25. The van der Waals surface area contributed by atoms with Gasteiger partial charge in [0, 0.05) is 23.4 Å². The summed E-state index contributed by atoms with van der Waals surface area (Å²) < 4.78 is 18.3. The summed E-state index contributed by atoms with van der Waals surface area (Å²) in [5.41, 5.74) is 0.897. The summed E-state index contributed by atoms with van der Waals surface area (Å²) in [6.45, 7) is 0. The van der Waals surface area contributed by atoms with Gasteiger partial charge in [0.05, 0.1) is 4.92 Å². The van der Waals surface area contributed by atoms with Gasteiger partial charge in [-0.15, -0.1) is 0 Å². The van der Waals surface area contributed by atoms with Gasteiger partial charge in [-0.3, -0.25) is 20.2 Å². The van der Waals surface area contributed by atoms with Crippen LogP contribution in [-0.4, -0.2) is 15.9 Å². The van der Waals surface area contributed by atoms with Crippen molar-refractivity contribution >= 4 is 34.6 Å². The number of anilines is 1. The largest absolute Gasteiger partial charge is 0.451 e. The SMILES string of the molecule is O=C(NC(=S)Nc1ccc(F)cc1)c1ccc(-c2cccc([N+](=O)[O-])c2)o1.